The first-order valence-corrected chi connectivity index (χ1v) is 11.7. The van der Waals surface area contributed by atoms with Gasteiger partial charge in [-0.15, -0.1) is 0 Å². The van der Waals surface area contributed by atoms with E-state index in [9.17, 15) is 18.3 Å². The molecule has 156 valence electrons. The number of amides is 1. The number of benzene rings is 2. The Balaban J connectivity index is 1.39. The lowest BCUT2D eigenvalue weighted by molar-refractivity contribution is -0.130. The molecule has 2 heterocycles. The van der Waals surface area contributed by atoms with Crippen LogP contribution in [-0.2, 0) is 21.1 Å². The second kappa shape index (κ2) is 8.53. The summed E-state index contributed by atoms with van der Waals surface area (Å²) in [5.41, 5.74) is 1.99. The van der Waals surface area contributed by atoms with Crippen LogP contribution in [0.1, 0.15) is 12.0 Å². The first-order valence-electron chi connectivity index (χ1n) is 10.0. The molecule has 7 heteroatoms. The largest absolute Gasteiger partial charge is 0.391 e. The Kier molecular flexibility index (Phi) is 5.83. The quantitative estimate of drug-likeness (QED) is 0.657. The van der Waals surface area contributed by atoms with E-state index in [0.717, 1.165) is 16.5 Å². The molecule has 0 bridgehead atoms. The highest BCUT2D eigenvalue weighted by molar-refractivity contribution is 7.91. The van der Waals surface area contributed by atoms with Gasteiger partial charge in [-0.05, 0) is 36.2 Å². The average Bonchev–Trinajstić information content (AvgIpc) is 3.13. The minimum atomic E-state index is -3.50. The molecule has 0 spiro atoms. The summed E-state index contributed by atoms with van der Waals surface area (Å²) in [6, 6.07) is 18.0. The van der Waals surface area contributed by atoms with Crippen molar-refractivity contribution in [1.82, 2.24) is 9.88 Å². The number of pyridine rings is 1. The van der Waals surface area contributed by atoms with Crippen molar-refractivity contribution in [3.63, 3.8) is 0 Å². The van der Waals surface area contributed by atoms with E-state index in [1.807, 2.05) is 30.3 Å². The van der Waals surface area contributed by atoms with Gasteiger partial charge in [0.15, 0.2) is 9.84 Å². The van der Waals surface area contributed by atoms with Gasteiger partial charge >= 0.3 is 0 Å². The van der Waals surface area contributed by atoms with Gasteiger partial charge in [-0.2, -0.15) is 0 Å². The van der Waals surface area contributed by atoms with Crippen molar-refractivity contribution in [2.75, 3.05) is 18.8 Å². The van der Waals surface area contributed by atoms with E-state index >= 15 is 0 Å². The van der Waals surface area contributed by atoms with Crippen LogP contribution < -0.4 is 0 Å². The van der Waals surface area contributed by atoms with E-state index in [4.69, 9.17) is 0 Å². The molecule has 0 radical (unpaired) electrons. The summed E-state index contributed by atoms with van der Waals surface area (Å²) in [6.07, 6.45) is 1.67. The fraction of sp³-hybridized carbons (Fsp3) is 0.304. The topological polar surface area (TPSA) is 87.6 Å². The molecule has 1 N–H and O–H groups in total. The molecule has 1 aliphatic rings. The summed E-state index contributed by atoms with van der Waals surface area (Å²) < 4.78 is 24.8. The molecule has 6 nitrogen and oxygen atoms in total. The maximum absolute atomic E-state index is 12.6. The number of aliphatic hydroxyl groups excluding tert-OH is 1. The Morgan fingerprint density at radius 1 is 1.03 bits per heavy atom. The van der Waals surface area contributed by atoms with Crippen LogP contribution >= 0.6 is 0 Å². The summed E-state index contributed by atoms with van der Waals surface area (Å²) >= 11 is 0. The van der Waals surface area contributed by atoms with Gasteiger partial charge in [0.25, 0.3) is 0 Å². The Bertz CT molecular complexity index is 1140. The first kappa shape index (κ1) is 20.5. The van der Waals surface area contributed by atoms with Crippen LogP contribution in [0.4, 0.5) is 0 Å². The maximum atomic E-state index is 12.6. The Labute approximate surface area is 176 Å². The fourth-order valence-electron chi connectivity index (χ4n) is 4.00. The monoisotopic (exact) mass is 424 g/mol. The van der Waals surface area contributed by atoms with Gasteiger partial charge in [0, 0.05) is 37.0 Å². The second-order valence-corrected chi connectivity index (χ2v) is 9.81. The summed E-state index contributed by atoms with van der Waals surface area (Å²) in [6.45, 7) is 0.653. The number of aliphatic hydroxyl groups is 1. The fourth-order valence-corrected chi connectivity index (χ4v) is 5.25. The molecule has 1 aromatic heterocycles. The summed E-state index contributed by atoms with van der Waals surface area (Å²) in [5.74, 6) is -0.566. The number of rotatable bonds is 6. The standard InChI is InChI=1S/C23H24N2O4S/c26-22-16-25(23(27)11-13-30(28,29)19-6-2-1-3-7-19)15-18(22)14-17-10-12-24-21-9-5-4-8-20(17)21/h1-10,12,18,22,26H,11,13-16H2/t18-,22+/m1/s1. The van der Waals surface area contributed by atoms with Crippen molar-refractivity contribution < 1.29 is 18.3 Å². The molecule has 1 fully saturated rings. The Morgan fingerprint density at radius 3 is 2.57 bits per heavy atom. The summed E-state index contributed by atoms with van der Waals surface area (Å²) in [7, 11) is -3.50. The zero-order chi connectivity index (χ0) is 21.1. The van der Waals surface area contributed by atoms with Crippen LogP contribution in [0.5, 0.6) is 0 Å². The number of aromatic nitrogens is 1. The molecule has 2 aromatic carbocycles. The van der Waals surface area contributed by atoms with E-state index < -0.39 is 15.9 Å². The van der Waals surface area contributed by atoms with Gasteiger partial charge in [-0.3, -0.25) is 9.78 Å². The number of carbonyl (C=O) groups excluding carboxylic acids is 1. The molecule has 1 amide bonds. The van der Waals surface area contributed by atoms with Gasteiger partial charge in [0.1, 0.15) is 0 Å². The third-order valence-electron chi connectivity index (χ3n) is 5.67. The molecular formula is C23H24N2O4S. The van der Waals surface area contributed by atoms with Crippen molar-refractivity contribution in [2.45, 2.75) is 23.8 Å². The number of carbonyl (C=O) groups is 1. The highest BCUT2D eigenvalue weighted by Crippen LogP contribution is 2.26. The number of likely N-dealkylation sites (tertiary alicyclic amines) is 1. The van der Waals surface area contributed by atoms with Gasteiger partial charge < -0.3 is 10.0 Å². The number of hydrogen-bond acceptors (Lipinski definition) is 5. The van der Waals surface area contributed by atoms with Crippen LogP contribution in [0.3, 0.4) is 0 Å². The van der Waals surface area contributed by atoms with Crippen LogP contribution in [0.15, 0.2) is 71.8 Å². The number of para-hydroxylation sites is 1. The molecule has 0 aliphatic carbocycles. The van der Waals surface area contributed by atoms with Crippen molar-refractivity contribution in [2.24, 2.45) is 5.92 Å². The lowest BCUT2D eigenvalue weighted by atomic mass is 9.94. The smallest absolute Gasteiger partial charge is 0.223 e. The predicted octanol–water partition coefficient (Wildman–Crippen LogP) is 2.46. The molecule has 0 unspecified atom stereocenters. The Hall–Kier alpha value is -2.77. The molecule has 1 saturated heterocycles. The summed E-state index contributed by atoms with van der Waals surface area (Å²) in [5, 5.41) is 11.6. The van der Waals surface area contributed by atoms with E-state index in [1.54, 1.807) is 29.3 Å². The van der Waals surface area contributed by atoms with Crippen LogP contribution in [0, 0.1) is 5.92 Å². The highest BCUT2D eigenvalue weighted by atomic mass is 32.2. The lowest BCUT2D eigenvalue weighted by Crippen LogP contribution is -2.31. The van der Waals surface area contributed by atoms with Crippen molar-refractivity contribution >= 4 is 26.6 Å². The van der Waals surface area contributed by atoms with Crippen molar-refractivity contribution in [3.05, 3.63) is 72.4 Å². The van der Waals surface area contributed by atoms with Gasteiger partial charge in [0.05, 0.1) is 22.3 Å². The molecular weight excluding hydrogens is 400 g/mol. The third kappa shape index (κ3) is 4.37. The van der Waals surface area contributed by atoms with Crippen LogP contribution in [0.25, 0.3) is 10.9 Å². The second-order valence-electron chi connectivity index (χ2n) is 7.70. The molecule has 0 saturated carbocycles. The molecule has 3 aromatic rings. The number of sulfone groups is 1. The van der Waals surface area contributed by atoms with Crippen LogP contribution in [0.2, 0.25) is 0 Å². The SMILES string of the molecule is O=C(CCS(=O)(=O)c1ccccc1)N1C[C@@H](Cc2ccnc3ccccc23)[C@@H](O)C1. The summed E-state index contributed by atoms with van der Waals surface area (Å²) in [4.78, 5) is 18.8. The van der Waals surface area contributed by atoms with E-state index in [2.05, 4.69) is 4.98 Å². The van der Waals surface area contributed by atoms with Crippen LogP contribution in [-0.4, -0.2) is 54.3 Å². The van der Waals surface area contributed by atoms with Crippen molar-refractivity contribution in [3.8, 4) is 0 Å². The maximum Gasteiger partial charge on any atom is 0.223 e. The van der Waals surface area contributed by atoms with Gasteiger partial charge in [0.2, 0.25) is 5.91 Å². The Morgan fingerprint density at radius 2 is 1.77 bits per heavy atom. The molecule has 30 heavy (non-hydrogen) atoms. The minimum absolute atomic E-state index is 0.0884. The molecule has 2 atom stereocenters. The zero-order valence-electron chi connectivity index (χ0n) is 16.5. The number of hydrogen-bond donors (Lipinski definition) is 1. The van der Waals surface area contributed by atoms with Crippen molar-refractivity contribution in [1.29, 1.82) is 0 Å². The van der Waals surface area contributed by atoms with E-state index in [-0.39, 0.29) is 35.4 Å². The van der Waals surface area contributed by atoms with Gasteiger partial charge in [-0.25, -0.2) is 8.42 Å². The predicted molar refractivity (Wildman–Crippen MR) is 115 cm³/mol. The highest BCUT2D eigenvalue weighted by Gasteiger charge is 2.34. The van der Waals surface area contributed by atoms with Gasteiger partial charge in [-0.1, -0.05) is 36.4 Å². The zero-order valence-corrected chi connectivity index (χ0v) is 17.3. The lowest BCUT2D eigenvalue weighted by Gasteiger charge is -2.17. The number of nitrogens with zero attached hydrogens (tertiary/aromatic N) is 2. The number of β-amino-alcohol motifs (C(OH)–C–C–N with tert-alkyl or cyclic N) is 1. The molecule has 4 rings (SSSR count). The van der Waals surface area contributed by atoms with E-state index in [1.165, 1.54) is 12.1 Å². The third-order valence-corrected chi connectivity index (χ3v) is 7.40. The minimum Gasteiger partial charge on any atom is -0.391 e. The first-order chi connectivity index (χ1) is 14.4. The van der Waals surface area contributed by atoms with E-state index in [0.29, 0.717) is 13.0 Å². The molecule has 1 aliphatic heterocycles. The normalized spacial score (nSPS) is 19.3. The average molecular weight is 425 g/mol. The number of fused-ring (bicyclic) bond motifs is 1.